The van der Waals surface area contributed by atoms with Gasteiger partial charge in [0, 0.05) is 26.2 Å². The second kappa shape index (κ2) is 6.34. The van der Waals surface area contributed by atoms with Crippen molar-refractivity contribution in [2.45, 2.75) is 20.8 Å². The molecule has 0 atom stereocenters. The number of carbonyl (C=O) groups excluding carboxylic acids is 1. The lowest BCUT2D eigenvalue weighted by molar-refractivity contribution is 0.0750. The van der Waals surface area contributed by atoms with E-state index in [4.69, 9.17) is 4.98 Å². The maximum absolute atomic E-state index is 12.6. The number of benzene rings is 1. The van der Waals surface area contributed by atoms with Crippen molar-refractivity contribution in [3.05, 3.63) is 33.8 Å². The van der Waals surface area contributed by atoms with Crippen molar-refractivity contribution in [1.82, 2.24) is 19.5 Å². The van der Waals surface area contributed by atoms with Crippen LogP contribution in [0.25, 0.3) is 10.2 Å². The molecule has 8 heteroatoms. The van der Waals surface area contributed by atoms with Gasteiger partial charge in [-0.25, -0.2) is 4.98 Å². The first-order valence-electron chi connectivity index (χ1n) is 8.24. The van der Waals surface area contributed by atoms with Crippen LogP contribution in [-0.4, -0.2) is 51.6 Å². The molecule has 1 saturated heterocycles. The molecule has 25 heavy (non-hydrogen) atoms. The van der Waals surface area contributed by atoms with Crippen molar-refractivity contribution < 1.29 is 4.79 Å². The summed E-state index contributed by atoms with van der Waals surface area (Å²) in [6.45, 7) is 9.08. The molecule has 4 rings (SSSR count). The van der Waals surface area contributed by atoms with Gasteiger partial charge >= 0.3 is 0 Å². The molecule has 0 aliphatic carbocycles. The Morgan fingerprint density at radius 2 is 1.88 bits per heavy atom. The van der Waals surface area contributed by atoms with Crippen LogP contribution in [0.1, 0.15) is 26.5 Å². The van der Waals surface area contributed by atoms with Crippen molar-refractivity contribution in [3.63, 3.8) is 0 Å². The largest absolute Gasteiger partial charge is 0.345 e. The fraction of sp³-hybridized carbons (Fsp3) is 0.412. The highest BCUT2D eigenvalue weighted by molar-refractivity contribution is 7.22. The Labute approximate surface area is 154 Å². The topological polar surface area (TPSA) is 62.2 Å². The molecule has 6 nitrogen and oxygen atoms in total. The van der Waals surface area contributed by atoms with Gasteiger partial charge in [-0.1, -0.05) is 21.9 Å². The lowest BCUT2D eigenvalue weighted by atomic mass is 10.1. The molecule has 0 saturated carbocycles. The molecular formula is C17H19N5OS2. The second-order valence-electron chi connectivity index (χ2n) is 6.32. The van der Waals surface area contributed by atoms with Crippen LogP contribution in [0.5, 0.6) is 0 Å². The molecule has 0 N–H and O–H groups in total. The van der Waals surface area contributed by atoms with E-state index in [-0.39, 0.29) is 5.91 Å². The van der Waals surface area contributed by atoms with E-state index in [1.165, 1.54) is 27.4 Å². The molecule has 2 aromatic heterocycles. The van der Waals surface area contributed by atoms with Gasteiger partial charge in [-0.15, -0.1) is 5.10 Å². The first kappa shape index (κ1) is 16.4. The summed E-state index contributed by atoms with van der Waals surface area (Å²) >= 11 is 2.91. The van der Waals surface area contributed by atoms with E-state index in [0.29, 0.717) is 18.0 Å². The highest BCUT2D eigenvalue weighted by atomic mass is 32.1. The molecule has 1 aliphatic rings. The minimum absolute atomic E-state index is 0.0444. The Kier molecular flexibility index (Phi) is 4.16. The molecular weight excluding hydrogens is 354 g/mol. The number of aryl methyl sites for hydroxylation is 3. The lowest BCUT2D eigenvalue weighted by Crippen LogP contribution is -2.48. The van der Waals surface area contributed by atoms with Crippen LogP contribution in [0, 0.1) is 20.8 Å². The Hall–Kier alpha value is -2.06. The number of fused-ring (bicyclic) bond motifs is 1. The number of piperazine rings is 1. The summed E-state index contributed by atoms with van der Waals surface area (Å²) in [5, 5.41) is 4.98. The molecule has 0 spiro atoms. The number of thiazole rings is 1. The third-order valence-corrected chi connectivity index (χ3v) is 6.65. The summed E-state index contributed by atoms with van der Waals surface area (Å²) in [5.41, 5.74) is 4.34. The predicted molar refractivity (Wildman–Crippen MR) is 102 cm³/mol. The standard InChI is InChI=1S/C17H19N5OS2/c1-10-4-5-13-14(11(10)2)18-17(24-13)22-8-6-21(7-9-22)16(23)15-12(3)19-20-25-15/h4-5H,6-9H2,1-3H3. The molecule has 0 radical (unpaired) electrons. The fourth-order valence-electron chi connectivity index (χ4n) is 3.02. The van der Waals surface area contributed by atoms with Crippen LogP contribution >= 0.6 is 22.9 Å². The van der Waals surface area contributed by atoms with Crippen molar-refractivity contribution in [3.8, 4) is 0 Å². The Balaban J connectivity index is 1.50. The Morgan fingerprint density at radius 3 is 2.56 bits per heavy atom. The number of nitrogens with zero attached hydrogens (tertiary/aromatic N) is 5. The third kappa shape index (κ3) is 2.89. The average Bonchev–Trinajstić information content (AvgIpc) is 3.24. The minimum Gasteiger partial charge on any atom is -0.345 e. The number of rotatable bonds is 2. The number of anilines is 1. The van der Waals surface area contributed by atoms with Gasteiger partial charge < -0.3 is 9.80 Å². The number of hydrogen-bond acceptors (Lipinski definition) is 7. The highest BCUT2D eigenvalue weighted by Crippen LogP contribution is 2.32. The van der Waals surface area contributed by atoms with Gasteiger partial charge in [0.1, 0.15) is 4.88 Å². The maximum Gasteiger partial charge on any atom is 0.267 e. The van der Waals surface area contributed by atoms with E-state index in [9.17, 15) is 4.79 Å². The molecule has 3 heterocycles. The zero-order chi connectivity index (χ0) is 17.6. The summed E-state index contributed by atoms with van der Waals surface area (Å²) < 4.78 is 5.09. The van der Waals surface area contributed by atoms with Crippen LogP contribution in [0.2, 0.25) is 0 Å². The number of amides is 1. The van der Waals surface area contributed by atoms with Gasteiger partial charge in [0.2, 0.25) is 0 Å². The molecule has 1 aliphatic heterocycles. The molecule has 1 fully saturated rings. The number of hydrogen-bond donors (Lipinski definition) is 0. The van der Waals surface area contributed by atoms with E-state index in [2.05, 4.69) is 40.5 Å². The van der Waals surface area contributed by atoms with Crippen molar-refractivity contribution in [1.29, 1.82) is 0 Å². The van der Waals surface area contributed by atoms with Crippen LogP contribution < -0.4 is 4.90 Å². The molecule has 1 amide bonds. The van der Waals surface area contributed by atoms with Crippen molar-refractivity contribution in [2.24, 2.45) is 0 Å². The first-order valence-corrected chi connectivity index (χ1v) is 9.83. The third-order valence-electron chi connectivity index (χ3n) is 4.76. The van der Waals surface area contributed by atoms with E-state index in [1.54, 1.807) is 11.3 Å². The quantitative estimate of drug-likeness (QED) is 0.691. The van der Waals surface area contributed by atoms with Gasteiger partial charge in [-0.3, -0.25) is 4.79 Å². The molecule has 1 aromatic carbocycles. The Morgan fingerprint density at radius 1 is 1.12 bits per heavy atom. The summed E-state index contributed by atoms with van der Waals surface area (Å²) in [7, 11) is 0. The zero-order valence-electron chi connectivity index (χ0n) is 14.4. The van der Waals surface area contributed by atoms with E-state index < -0.39 is 0 Å². The van der Waals surface area contributed by atoms with Crippen molar-refractivity contribution in [2.75, 3.05) is 31.1 Å². The molecule has 0 bridgehead atoms. The van der Waals surface area contributed by atoms with Crippen LogP contribution in [0.15, 0.2) is 12.1 Å². The normalized spacial score (nSPS) is 15.2. The summed E-state index contributed by atoms with van der Waals surface area (Å²) in [5.74, 6) is 0.0444. The van der Waals surface area contributed by atoms with Gasteiger partial charge in [0.25, 0.3) is 5.91 Å². The first-order chi connectivity index (χ1) is 12.0. The fourth-order valence-corrected chi connectivity index (χ4v) is 4.72. The summed E-state index contributed by atoms with van der Waals surface area (Å²) in [6.07, 6.45) is 0. The van der Waals surface area contributed by atoms with Crippen LogP contribution in [0.3, 0.4) is 0 Å². The van der Waals surface area contributed by atoms with E-state index >= 15 is 0 Å². The zero-order valence-corrected chi connectivity index (χ0v) is 16.1. The number of carbonyl (C=O) groups is 1. The van der Waals surface area contributed by atoms with E-state index in [0.717, 1.165) is 29.4 Å². The summed E-state index contributed by atoms with van der Waals surface area (Å²) in [4.78, 5) is 22.2. The van der Waals surface area contributed by atoms with Crippen molar-refractivity contribution >= 4 is 44.1 Å². The van der Waals surface area contributed by atoms with E-state index in [1.807, 2.05) is 11.8 Å². The SMILES string of the molecule is Cc1ccc2sc(N3CCN(C(=O)c4snnc4C)CC3)nc2c1C. The van der Waals surface area contributed by atoms with Gasteiger partial charge in [0.15, 0.2) is 5.13 Å². The second-order valence-corrected chi connectivity index (χ2v) is 8.08. The average molecular weight is 374 g/mol. The van der Waals surface area contributed by atoms with Crippen LogP contribution in [-0.2, 0) is 0 Å². The Bertz CT molecular complexity index is 940. The predicted octanol–water partition coefficient (Wildman–Crippen LogP) is 3.04. The molecule has 130 valence electrons. The van der Waals surface area contributed by atoms with Gasteiger partial charge in [0.05, 0.1) is 15.9 Å². The highest BCUT2D eigenvalue weighted by Gasteiger charge is 2.26. The molecule has 0 unspecified atom stereocenters. The minimum atomic E-state index is 0.0444. The maximum atomic E-state index is 12.6. The van der Waals surface area contributed by atoms with Gasteiger partial charge in [-0.05, 0) is 49.5 Å². The van der Waals surface area contributed by atoms with Gasteiger partial charge in [-0.2, -0.15) is 0 Å². The lowest BCUT2D eigenvalue weighted by Gasteiger charge is -2.34. The summed E-state index contributed by atoms with van der Waals surface area (Å²) in [6, 6.07) is 4.31. The number of aromatic nitrogens is 3. The van der Waals surface area contributed by atoms with Crippen LogP contribution in [0.4, 0.5) is 5.13 Å². The monoisotopic (exact) mass is 373 g/mol. The molecule has 3 aromatic rings. The smallest absolute Gasteiger partial charge is 0.267 e.